The van der Waals surface area contributed by atoms with Gasteiger partial charge in [0.1, 0.15) is 28.7 Å². The molecule has 3 heterocycles. The van der Waals surface area contributed by atoms with Gasteiger partial charge in [0.25, 0.3) is 5.91 Å². The van der Waals surface area contributed by atoms with Crippen LogP contribution in [0, 0.1) is 17.4 Å². The highest BCUT2D eigenvalue weighted by atomic mass is 16.5. The number of likely N-dealkylation sites (tertiary alicyclic amines) is 1. The molecule has 0 bridgehead atoms. The molecule has 1 amide bonds. The molecule has 7 heteroatoms. The maximum absolute atomic E-state index is 12.5. The average Bonchev–Trinajstić information content (AvgIpc) is 3.25. The summed E-state index contributed by atoms with van der Waals surface area (Å²) in [5.74, 6) is 2.75. The first kappa shape index (κ1) is 21.1. The molecule has 168 valence electrons. The molecule has 1 saturated heterocycles. The molecule has 3 aromatic rings. The summed E-state index contributed by atoms with van der Waals surface area (Å²) in [5, 5.41) is 9.17. The van der Waals surface area contributed by atoms with Crippen molar-refractivity contribution >= 4 is 5.91 Å². The molecule has 7 nitrogen and oxygen atoms in total. The Hall–Kier alpha value is -3.79. The van der Waals surface area contributed by atoms with E-state index in [-0.39, 0.29) is 5.92 Å². The zero-order valence-electron chi connectivity index (χ0n) is 18.5. The van der Waals surface area contributed by atoms with Gasteiger partial charge in [0.05, 0.1) is 0 Å². The number of para-hydroxylation sites is 1. The Labute approximate surface area is 193 Å². The second-order valence-corrected chi connectivity index (χ2v) is 8.80. The van der Waals surface area contributed by atoms with Gasteiger partial charge in [-0.2, -0.15) is 5.26 Å². The predicted octanol–water partition coefficient (Wildman–Crippen LogP) is 4.51. The smallest absolute Gasteiger partial charge is 0.267 e. The molecule has 1 aromatic heterocycles. The highest BCUT2D eigenvalue weighted by Crippen LogP contribution is 2.41. The fourth-order valence-electron chi connectivity index (χ4n) is 5.18. The van der Waals surface area contributed by atoms with Gasteiger partial charge in [-0.1, -0.05) is 18.2 Å². The summed E-state index contributed by atoms with van der Waals surface area (Å²) >= 11 is 0. The summed E-state index contributed by atoms with van der Waals surface area (Å²) in [7, 11) is 0. The molecule has 0 spiro atoms. The minimum Gasteiger partial charge on any atom is -0.457 e. The van der Waals surface area contributed by atoms with Crippen LogP contribution >= 0.6 is 0 Å². The van der Waals surface area contributed by atoms with E-state index < -0.39 is 5.91 Å². The number of nitrogens with two attached hydrogens (primary N) is 1. The van der Waals surface area contributed by atoms with E-state index in [2.05, 4.69) is 6.19 Å². The van der Waals surface area contributed by atoms with Crippen LogP contribution in [0.3, 0.4) is 0 Å². The Kier molecular flexibility index (Phi) is 5.74. The monoisotopic (exact) mass is 441 g/mol. The lowest BCUT2D eigenvalue weighted by Gasteiger charge is -2.35. The van der Waals surface area contributed by atoms with Crippen molar-refractivity contribution in [3.63, 3.8) is 0 Å². The van der Waals surface area contributed by atoms with E-state index in [1.807, 2.05) is 64.1 Å². The zero-order chi connectivity index (χ0) is 22.8. The van der Waals surface area contributed by atoms with Crippen LogP contribution in [0.4, 0.5) is 0 Å². The Morgan fingerprint density at radius 3 is 2.36 bits per heavy atom. The number of carbonyl (C=O) groups excluding carboxylic acids is 1. The number of aromatic nitrogens is 2. The van der Waals surface area contributed by atoms with Gasteiger partial charge in [-0.25, -0.2) is 4.98 Å². The van der Waals surface area contributed by atoms with Crippen molar-refractivity contribution < 1.29 is 9.53 Å². The first-order chi connectivity index (χ1) is 16.1. The molecule has 2 N–H and O–H groups in total. The molecular formula is C26H27N5O2. The third-order valence-electron chi connectivity index (χ3n) is 6.82. The van der Waals surface area contributed by atoms with Crippen LogP contribution in [0.5, 0.6) is 11.5 Å². The molecule has 0 aliphatic carbocycles. The number of nitrogens with zero attached hydrogens (tertiary/aromatic N) is 4. The number of hydrogen-bond donors (Lipinski definition) is 1. The Balaban J connectivity index is 1.44. The number of hydrogen-bond acceptors (Lipinski definition) is 5. The van der Waals surface area contributed by atoms with Gasteiger partial charge >= 0.3 is 0 Å². The minimum absolute atomic E-state index is 0.284. The number of benzene rings is 2. The van der Waals surface area contributed by atoms with Crippen molar-refractivity contribution in [1.82, 2.24) is 14.5 Å². The number of carbonyl (C=O) groups is 1. The maximum Gasteiger partial charge on any atom is 0.267 e. The molecule has 0 saturated carbocycles. The van der Waals surface area contributed by atoms with Crippen LogP contribution in [-0.2, 0) is 6.54 Å². The van der Waals surface area contributed by atoms with Gasteiger partial charge in [0.15, 0.2) is 6.19 Å². The predicted molar refractivity (Wildman–Crippen MR) is 125 cm³/mol. The summed E-state index contributed by atoms with van der Waals surface area (Å²) in [6.07, 6.45) is 6.24. The second-order valence-electron chi connectivity index (χ2n) is 8.80. The van der Waals surface area contributed by atoms with Crippen LogP contribution in [0.2, 0.25) is 0 Å². The maximum atomic E-state index is 12.5. The fourth-order valence-corrected chi connectivity index (χ4v) is 5.18. The van der Waals surface area contributed by atoms with Crippen molar-refractivity contribution in [1.29, 1.82) is 5.26 Å². The van der Waals surface area contributed by atoms with Gasteiger partial charge in [0.2, 0.25) is 0 Å². The van der Waals surface area contributed by atoms with Crippen molar-refractivity contribution in [2.75, 3.05) is 13.1 Å². The Bertz CT molecular complexity index is 1170. The van der Waals surface area contributed by atoms with E-state index in [1.165, 1.54) is 0 Å². The van der Waals surface area contributed by atoms with Crippen molar-refractivity contribution in [3.05, 3.63) is 66.1 Å². The van der Waals surface area contributed by atoms with Crippen LogP contribution < -0.4 is 10.5 Å². The van der Waals surface area contributed by atoms with Crippen LogP contribution in [-0.4, -0.2) is 33.4 Å². The molecule has 1 atom stereocenters. The quantitative estimate of drug-likeness (QED) is 0.588. The van der Waals surface area contributed by atoms with E-state index in [9.17, 15) is 10.1 Å². The number of nitriles is 1. The molecule has 0 radical (unpaired) electrons. The topological polar surface area (TPSA) is 97.2 Å². The number of piperidine rings is 1. The summed E-state index contributed by atoms with van der Waals surface area (Å²) in [6, 6.07) is 17.3. The fraction of sp³-hybridized carbons (Fsp3) is 0.346. The summed E-state index contributed by atoms with van der Waals surface area (Å²) in [5.41, 5.74) is 7.83. The van der Waals surface area contributed by atoms with Gasteiger partial charge in [-0.05, 0) is 68.0 Å². The lowest BCUT2D eigenvalue weighted by molar-refractivity contribution is 0.0989. The van der Waals surface area contributed by atoms with E-state index >= 15 is 0 Å². The first-order valence-corrected chi connectivity index (χ1v) is 11.5. The largest absolute Gasteiger partial charge is 0.457 e. The van der Waals surface area contributed by atoms with E-state index in [1.54, 1.807) is 0 Å². The summed E-state index contributed by atoms with van der Waals surface area (Å²) in [6.45, 7) is 2.33. The van der Waals surface area contributed by atoms with E-state index in [0.717, 1.165) is 68.2 Å². The molecule has 1 fully saturated rings. The number of rotatable bonds is 5. The molecule has 2 aliphatic heterocycles. The third-order valence-corrected chi connectivity index (χ3v) is 6.82. The molecular weight excluding hydrogens is 414 g/mol. The first-order valence-electron chi connectivity index (χ1n) is 11.5. The highest BCUT2D eigenvalue weighted by Gasteiger charge is 2.35. The van der Waals surface area contributed by atoms with E-state index in [4.69, 9.17) is 15.5 Å². The number of fused-ring (bicyclic) bond motifs is 1. The summed E-state index contributed by atoms with van der Waals surface area (Å²) in [4.78, 5) is 19.3. The highest BCUT2D eigenvalue weighted by molar-refractivity contribution is 5.97. The number of amides is 1. The minimum atomic E-state index is -0.451. The number of primary amides is 1. The third kappa shape index (κ3) is 4.17. The summed E-state index contributed by atoms with van der Waals surface area (Å²) < 4.78 is 7.94. The van der Waals surface area contributed by atoms with Crippen molar-refractivity contribution in [2.45, 2.75) is 38.1 Å². The molecule has 1 unspecified atom stereocenters. The van der Waals surface area contributed by atoms with Crippen LogP contribution in [0.25, 0.3) is 11.3 Å². The SMILES string of the molecule is N#CN1CCC(C2CCCn3c2nc(-c2ccc(Oc4ccccc4)cc2)c3C(N)=O)CC1. The van der Waals surface area contributed by atoms with Crippen molar-refractivity contribution in [2.24, 2.45) is 11.7 Å². The van der Waals surface area contributed by atoms with Gasteiger partial charge in [0, 0.05) is 31.1 Å². The van der Waals surface area contributed by atoms with Crippen molar-refractivity contribution in [3.8, 4) is 28.9 Å². The standard InChI is InChI=1S/C26H27N5O2/c27-17-30-15-12-18(13-16-30)22-7-4-14-31-24(25(28)32)23(29-26(22)31)19-8-10-21(11-9-19)33-20-5-2-1-3-6-20/h1-3,5-6,8-11,18,22H,4,7,12-16H2,(H2,28,32). The van der Waals surface area contributed by atoms with Gasteiger partial charge < -0.3 is 19.9 Å². The number of ether oxygens (including phenoxy) is 1. The second kappa shape index (κ2) is 8.99. The van der Waals surface area contributed by atoms with Gasteiger partial charge in [-0.3, -0.25) is 4.79 Å². The normalized spacial score (nSPS) is 18.4. The van der Waals surface area contributed by atoms with Crippen LogP contribution in [0.15, 0.2) is 54.6 Å². The molecule has 33 heavy (non-hydrogen) atoms. The molecule has 2 aliphatic rings. The Morgan fingerprint density at radius 1 is 1.00 bits per heavy atom. The van der Waals surface area contributed by atoms with Crippen LogP contribution in [0.1, 0.15) is 47.9 Å². The number of imidazole rings is 1. The lowest BCUT2D eigenvalue weighted by Crippen LogP contribution is -2.34. The Morgan fingerprint density at radius 2 is 1.70 bits per heavy atom. The van der Waals surface area contributed by atoms with Gasteiger partial charge in [-0.15, -0.1) is 0 Å². The van der Waals surface area contributed by atoms with E-state index in [0.29, 0.717) is 17.3 Å². The zero-order valence-corrected chi connectivity index (χ0v) is 18.5. The molecule has 5 rings (SSSR count). The average molecular weight is 442 g/mol. The molecule has 2 aromatic carbocycles. The lowest BCUT2D eigenvalue weighted by atomic mass is 9.80.